The van der Waals surface area contributed by atoms with Gasteiger partial charge in [0.1, 0.15) is 5.69 Å². The SMILES string of the molecule is CCCCC(O)(c1nnc(-c2cccc(=O)[nH]2)o1)C(F)(F)F. The average molecular weight is 317 g/mol. The molecule has 0 aliphatic heterocycles. The molecule has 2 rings (SSSR count). The number of nitrogens with zero attached hydrogens (tertiary/aromatic N) is 2. The minimum absolute atomic E-state index is 0.0752. The van der Waals surface area contributed by atoms with Crippen molar-refractivity contribution >= 4 is 0 Å². The van der Waals surface area contributed by atoms with Crippen molar-refractivity contribution in [1.29, 1.82) is 0 Å². The molecule has 1 unspecified atom stereocenters. The molecule has 0 saturated carbocycles. The zero-order valence-electron chi connectivity index (χ0n) is 11.6. The van der Waals surface area contributed by atoms with Crippen LogP contribution in [0.15, 0.2) is 27.4 Å². The molecule has 2 aromatic heterocycles. The molecule has 0 aliphatic carbocycles. The fourth-order valence-corrected chi connectivity index (χ4v) is 1.87. The molecule has 2 N–H and O–H groups in total. The maximum absolute atomic E-state index is 13.2. The Balaban J connectivity index is 2.41. The first-order valence-corrected chi connectivity index (χ1v) is 6.60. The first-order chi connectivity index (χ1) is 10.3. The van der Waals surface area contributed by atoms with Gasteiger partial charge in [-0.15, -0.1) is 10.2 Å². The lowest BCUT2D eigenvalue weighted by Gasteiger charge is -2.26. The summed E-state index contributed by atoms with van der Waals surface area (Å²) >= 11 is 0. The van der Waals surface area contributed by atoms with Crippen molar-refractivity contribution in [3.05, 3.63) is 34.4 Å². The third-order valence-electron chi connectivity index (χ3n) is 3.14. The molecular weight excluding hydrogens is 303 g/mol. The number of hydrogen-bond donors (Lipinski definition) is 2. The summed E-state index contributed by atoms with van der Waals surface area (Å²) in [6, 6.07) is 4.02. The van der Waals surface area contributed by atoms with Crippen molar-refractivity contribution < 1.29 is 22.7 Å². The van der Waals surface area contributed by atoms with Gasteiger partial charge in [0.15, 0.2) is 0 Å². The highest BCUT2D eigenvalue weighted by Crippen LogP contribution is 2.42. The molecule has 2 heterocycles. The lowest BCUT2D eigenvalue weighted by Crippen LogP contribution is -2.42. The number of halogens is 3. The first-order valence-electron chi connectivity index (χ1n) is 6.60. The summed E-state index contributed by atoms with van der Waals surface area (Å²) in [6.07, 6.45) is -4.93. The van der Waals surface area contributed by atoms with E-state index in [4.69, 9.17) is 4.42 Å². The van der Waals surface area contributed by atoms with Gasteiger partial charge in [-0.25, -0.2) is 0 Å². The summed E-state index contributed by atoms with van der Waals surface area (Å²) in [7, 11) is 0. The van der Waals surface area contributed by atoms with Crippen LogP contribution in [0.3, 0.4) is 0 Å². The lowest BCUT2D eigenvalue weighted by atomic mass is 9.96. The number of alkyl halides is 3. The zero-order valence-corrected chi connectivity index (χ0v) is 11.6. The third kappa shape index (κ3) is 3.03. The van der Waals surface area contributed by atoms with E-state index in [0.29, 0.717) is 6.42 Å². The number of pyridine rings is 1. The van der Waals surface area contributed by atoms with Crippen molar-refractivity contribution in [2.45, 2.75) is 38.0 Å². The molecule has 22 heavy (non-hydrogen) atoms. The first kappa shape index (κ1) is 16.2. The summed E-state index contributed by atoms with van der Waals surface area (Å²) < 4.78 is 44.4. The summed E-state index contributed by atoms with van der Waals surface area (Å²) in [5, 5.41) is 16.7. The summed E-state index contributed by atoms with van der Waals surface area (Å²) in [5.74, 6) is -1.24. The number of nitrogens with one attached hydrogen (secondary N) is 1. The highest BCUT2D eigenvalue weighted by molar-refractivity contribution is 5.45. The summed E-state index contributed by atoms with van der Waals surface area (Å²) in [6.45, 7) is 1.70. The number of H-pyrrole nitrogens is 1. The van der Waals surface area contributed by atoms with Crippen LogP contribution in [0.2, 0.25) is 0 Å². The fraction of sp³-hybridized carbons (Fsp3) is 0.462. The second-order valence-electron chi connectivity index (χ2n) is 4.80. The number of unbranched alkanes of at least 4 members (excludes halogenated alkanes) is 1. The van der Waals surface area contributed by atoms with Gasteiger partial charge in [0.05, 0.1) is 0 Å². The quantitative estimate of drug-likeness (QED) is 0.883. The van der Waals surface area contributed by atoms with E-state index in [1.54, 1.807) is 6.92 Å². The normalized spacial score (nSPS) is 14.8. The van der Waals surface area contributed by atoms with E-state index in [1.807, 2.05) is 0 Å². The molecule has 9 heteroatoms. The maximum atomic E-state index is 13.2. The Kier molecular flexibility index (Phi) is 4.36. The number of hydrogen-bond acceptors (Lipinski definition) is 5. The minimum Gasteiger partial charge on any atom is -0.416 e. The molecule has 1 atom stereocenters. The van der Waals surface area contributed by atoms with Crippen LogP contribution < -0.4 is 5.56 Å². The van der Waals surface area contributed by atoms with Gasteiger partial charge < -0.3 is 14.5 Å². The molecule has 120 valence electrons. The number of aliphatic hydroxyl groups is 1. The Labute approximate surface area is 123 Å². The van der Waals surface area contributed by atoms with Gasteiger partial charge >= 0.3 is 6.18 Å². The fourth-order valence-electron chi connectivity index (χ4n) is 1.87. The number of rotatable bonds is 5. The van der Waals surface area contributed by atoms with Crippen LogP contribution in [-0.4, -0.2) is 26.5 Å². The zero-order chi connectivity index (χ0) is 16.4. The monoisotopic (exact) mass is 317 g/mol. The molecule has 0 amide bonds. The number of aromatic amines is 1. The van der Waals surface area contributed by atoms with E-state index in [9.17, 15) is 23.1 Å². The highest BCUT2D eigenvalue weighted by atomic mass is 19.4. The smallest absolute Gasteiger partial charge is 0.416 e. The molecule has 0 fully saturated rings. The van der Waals surface area contributed by atoms with Gasteiger partial charge in [0.25, 0.3) is 11.8 Å². The van der Waals surface area contributed by atoms with Gasteiger partial charge in [0.2, 0.25) is 11.2 Å². The van der Waals surface area contributed by atoms with Crippen molar-refractivity contribution in [3.8, 4) is 11.6 Å². The predicted octanol–water partition coefficient (Wildman–Crippen LogP) is 2.37. The standard InChI is InChI=1S/C13H14F3N3O3/c1-2-3-7-12(21,13(14,15)16)11-19-18-10(22-11)8-5-4-6-9(20)17-8/h4-6,21H,2-3,7H2,1H3,(H,17,20). The maximum Gasteiger partial charge on any atom is 0.426 e. The van der Waals surface area contributed by atoms with Crippen LogP contribution in [0.25, 0.3) is 11.6 Å². The van der Waals surface area contributed by atoms with Crippen LogP contribution in [-0.2, 0) is 5.60 Å². The van der Waals surface area contributed by atoms with E-state index in [1.165, 1.54) is 18.2 Å². The van der Waals surface area contributed by atoms with Crippen molar-refractivity contribution in [2.75, 3.05) is 0 Å². The molecular formula is C13H14F3N3O3. The van der Waals surface area contributed by atoms with E-state index >= 15 is 0 Å². The Morgan fingerprint density at radius 2 is 2.05 bits per heavy atom. The van der Waals surface area contributed by atoms with Crippen LogP contribution in [0.4, 0.5) is 13.2 Å². The van der Waals surface area contributed by atoms with E-state index in [0.717, 1.165) is 0 Å². The van der Waals surface area contributed by atoms with Crippen LogP contribution in [0.1, 0.15) is 32.1 Å². The van der Waals surface area contributed by atoms with Crippen molar-refractivity contribution in [3.63, 3.8) is 0 Å². The van der Waals surface area contributed by atoms with E-state index in [-0.39, 0.29) is 18.0 Å². The predicted molar refractivity (Wildman–Crippen MR) is 69.8 cm³/mol. The molecule has 6 nitrogen and oxygen atoms in total. The Morgan fingerprint density at radius 3 is 2.64 bits per heavy atom. The molecule has 2 aromatic rings. The Hall–Kier alpha value is -2.16. The molecule has 0 radical (unpaired) electrons. The van der Waals surface area contributed by atoms with Gasteiger partial charge in [-0.05, 0) is 18.9 Å². The van der Waals surface area contributed by atoms with Gasteiger partial charge in [0, 0.05) is 6.07 Å². The highest BCUT2D eigenvalue weighted by Gasteiger charge is 2.58. The Bertz CT molecular complexity index is 695. The summed E-state index contributed by atoms with van der Waals surface area (Å²) in [5.41, 5.74) is -3.59. The van der Waals surface area contributed by atoms with Gasteiger partial charge in [-0.3, -0.25) is 4.79 Å². The lowest BCUT2D eigenvalue weighted by molar-refractivity contribution is -0.277. The molecule has 0 spiro atoms. The van der Waals surface area contributed by atoms with Gasteiger partial charge in [-0.1, -0.05) is 19.4 Å². The third-order valence-corrected chi connectivity index (χ3v) is 3.14. The molecule has 0 aliphatic rings. The second kappa shape index (κ2) is 5.91. The second-order valence-corrected chi connectivity index (χ2v) is 4.80. The molecule has 0 aromatic carbocycles. The minimum atomic E-state index is -4.95. The van der Waals surface area contributed by atoms with Crippen LogP contribution >= 0.6 is 0 Å². The average Bonchev–Trinajstić information content (AvgIpc) is 2.93. The summed E-state index contributed by atoms with van der Waals surface area (Å²) in [4.78, 5) is 13.5. The van der Waals surface area contributed by atoms with Crippen LogP contribution in [0, 0.1) is 0 Å². The Morgan fingerprint density at radius 1 is 1.32 bits per heavy atom. The van der Waals surface area contributed by atoms with Crippen molar-refractivity contribution in [2.24, 2.45) is 0 Å². The van der Waals surface area contributed by atoms with Crippen LogP contribution in [0.5, 0.6) is 0 Å². The van der Waals surface area contributed by atoms with E-state index in [2.05, 4.69) is 15.2 Å². The molecule has 0 bridgehead atoms. The van der Waals surface area contributed by atoms with Gasteiger partial charge in [-0.2, -0.15) is 13.2 Å². The number of aromatic nitrogens is 3. The van der Waals surface area contributed by atoms with Crippen molar-refractivity contribution in [1.82, 2.24) is 15.2 Å². The largest absolute Gasteiger partial charge is 0.426 e. The topological polar surface area (TPSA) is 92.0 Å². The van der Waals surface area contributed by atoms with E-state index < -0.39 is 29.6 Å². The molecule has 0 saturated heterocycles.